The Balaban J connectivity index is 1.81. The molecule has 1 aromatic carbocycles. The summed E-state index contributed by atoms with van der Waals surface area (Å²) in [4.78, 5) is 16.9. The van der Waals surface area contributed by atoms with Crippen molar-refractivity contribution in [3.63, 3.8) is 0 Å². The molecule has 1 saturated heterocycles. The van der Waals surface area contributed by atoms with Crippen LogP contribution in [0.5, 0.6) is 0 Å². The standard InChI is InChI=1S/C23H22ClF3N4O3S2/c1-29-20-12-14(11-17(30-20)15-4-6-16(7-5-15)23(25,26)27)13-31(10-2-3-18(31)22(28)32)36(33,34)21-9-8-19(24)35-21/h4-9,11-12,18H,2-3,10,13H2,1H3,(H2-,28,29,30,32)/p+1/t18-,31?/m0/s1. The number of carbonyl (C=O) groups excluding carboxylic acids is 1. The molecule has 0 bridgehead atoms. The highest BCUT2D eigenvalue weighted by atomic mass is 35.5. The fourth-order valence-electron chi connectivity index (χ4n) is 4.59. The third-order valence-corrected chi connectivity index (χ3v) is 10.4. The summed E-state index contributed by atoms with van der Waals surface area (Å²) in [6, 6.07) is 9.75. The molecule has 2 aromatic heterocycles. The number of thiophene rings is 1. The van der Waals surface area contributed by atoms with Crippen molar-refractivity contribution < 1.29 is 30.3 Å². The van der Waals surface area contributed by atoms with E-state index in [2.05, 4.69) is 10.3 Å². The van der Waals surface area contributed by atoms with Gasteiger partial charge < -0.3 is 11.1 Å². The minimum Gasteiger partial charge on any atom is -0.373 e. The first-order valence-electron chi connectivity index (χ1n) is 10.9. The predicted molar refractivity (Wildman–Crippen MR) is 132 cm³/mol. The van der Waals surface area contributed by atoms with Crippen LogP contribution in [0.1, 0.15) is 24.0 Å². The van der Waals surface area contributed by atoms with Gasteiger partial charge in [-0.3, -0.25) is 4.79 Å². The molecule has 4 rings (SSSR count). The summed E-state index contributed by atoms with van der Waals surface area (Å²) in [5.41, 5.74) is 6.20. The van der Waals surface area contributed by atoms with E-state index >= 15 is 0 Å². The summed E-state index contributed by atoms with van der Waals surface area (Å²) < 4.78 is 66.6. The van der Waals surface area contributed by atoms with E-state index in [1.165, 1.54) is 24.3 Å². The molecule has 1 aliphatic rings. The van der Waals surface area contributed by atoms with Crippen molar-refractivity contribution in [3.05, 3.63) is 64.0 Å². The van der Waals surface area contributed by atoms with Crippen LogP contribution in [-0.4, -0.2) is 42.8 Å². The molecule has 1 aliphatic heterocycles. The fourth-order valence-corrected chi connectivity index (χ4v) is 8.47. The molecule has 2 atom stereocenters. The van der Waals surface area contributed by atoms with Crippen LogP contribution in [0.4, 0.5) is 19.0 Å². The number of nitrogens with two attached hydrogens (primary N) is 1. The number of hydrogen-bond donors (Lipinski definition) is 2. The predicted octanol–water partition coefficient (Wildman–Crippen LogP) is 4.88. The van der Waals surface area contributed by atoms with Crippen LogP contribution < -0.4 is 11.1 Å². The van der Waals surface area contributed by atoms with Gasteiger partial charge in [-0.2, -0.15) is 25.5 Å². The van der Waals surface area contributed by atoms with Crippen LogP contribution in [0.3, 0.4) is 0 Å². The number of quaternary nitrogens is 1. The zero-order valence-corrected chi connectivity index (χ0v) is 21.4. The van der Waals surface area contributed by atoms with Gasteiger partial charge in [0.2, 0.25) is 0 Å². The zero-order valence-electron chi connectivity index (χ0n) is 19.0. The number of alkyl halides is 3. The Labute approximate surface area is 215 Å². The summed E-state index contributed by atoms with van der Waals surface area (Å²) in [6.45, 7) is 0.0780. The third-order valence-electron chi connectivity index (χ3n) is 6.29. The van der Waals surface area contributed by atoms with Gasteiger partial charge in [-0.1, -0.05) is 23.7 Å². The minimum absolute atomic E-state index is 0.0338. The molecule has 0 radical (unpaired) electrons. The molecule has 1 fully saturated rings. The van der Waals surface area contributed by atoms with Crippen LogP contribution in [0.25, 0.3) is 11.3 Å². The van der Waals surface area contributed by atoms with Crippen LogP contribution in [0.15, 0.2) is 52.7 Å². The maximum atomic E-state index is 13.9. The molecule has 36 heavy (non-hydrogen) atoms. The average Bonchev–Trinajstić information content (AvgIpc) is 3.46. The molecule has 3 aromatic rings. The van der Waals surface area contributed by atoms with E-state index in [1.807, 2.05) is 0 Å². The topological polar surface area (TPSA) is 102 Å². The second-order valence-electron chi connectivity index (χ2n) is 8.50. The lowest BCUT2D eigenvalue weighted by molar-refractivity contribution is -0.823. The number of rotatable bonds is 7. The number of nitrogens with zero attached hydrogens (tertiary/aromatic N) is 2. The first-order valence-corrected chi connectivity index (χ1v) is 13.5. The lowest BCUT2D eigenvalue weighted by atomic mass is 10.1. The van der Waals surface area contributed by atoms with Gasteiger partial charge in [0.15, 0.2) is 10.3 Å². The Kier molecular flexibility index (Phi) is 7.08. The smallest absolute Gasteiger partial charge is 0.373 e. The Morgan fingerprint density at radius 2 is 1.92 bits per heavy atom. The Hall–Kier alpha value is -2.67. The van der Waals surface area contributed by atoms with E-state index in [0.29, 0.717) is 39.8 Å². The van der Waals surface area contributed by atoms with Crippen molar-refractivity contribution in [1.29, 1.82) is 0 Å². The van der Waals surface area contributed by atoms with Gasteiger partial charge in [-0.05, 0) is 36.4 Å². The van der Waals surface area contributed by atoms with Crippen molar-refractivity contribution in [2.75, 3.05) is 18.9 Å². The van der Waals surface area contributed by atoms with Gasteiger partial charge in [-0.15, -0.1) is 11.3 Å². The SMILES string of the molecule is CNc1cc(C[N+]2(S(=O)(=O)c3ccc(Cl)s3)CCC[C@H]2C(N)=O)cc(-c2ccc(C(F)(F)F)cc2)n1. The lowest BCUT2D eigenvalue weighted by Crippen LogP contribution is -2.59. The number of halogens is 4. The van der Waals surface area contributed by atoms with Crippen molar-refractivity contribution in [3.8, 4) is 11.3 Å². The van der Waals surface area contributed by atoms with Gasteiger partial charge in [0, 0.05) is 31.0 Å². The van der Waals surface area contributed by atoms with Crippen LogP contribution in [0.2, 0.25) is 4.34 Å². The molecule has 1 unspecified atom stereocenters. The molecule has 13 heteroatoms. The van der Waals surface area contributed by atoms with Crippen molar-refractivity contribution in [2.45, 2.75) is 35.8 Å². The number of likely N-dealkylation sites (tertiary alicyclic amines) is 1. The number of nitrogens with one attached hydrogen (secondary N) is 1. The monoisotopic (exact) mass is 559 g/mol. The number of primary amides is 1. The molecule has 3 N–H and O–H groups in total. The van der Waals surface area contributed by atoms with Crippen molar-refractivity contribution in [2.24, 2.45) is 5.73 Å². The summed E-state index contributed by atoms with van der Waals surface area (Å²) in [6.07, 6.45) is -3.69. The molecule has 0 saturated carbocycles. The van der Waals surface area contributed by atoms with Gasteiger partial charge in [0.25, 0.3) is 5.91 Å². The molecule has 0 spiro atoms. The molecule has 1 amide bonds. The quantitative estimate of drug-likeness (QED) is 0.402. The van der Waals surface area contributed by atoms with Crippen LogP contribution in [0, 0.1) is 0 Å². The third kappa shape index (κ3) is 4.82. The summed E-state index contributed by atoms with van der Waals surface area (Å²) >= 11 is 6.92. The van der Waals surface area contributed by atoms with Crippen LogP contribution >= 0.6 is 22.9 Å². The Morgan fingerprint density at radius 3 is 2.47 bits per heavy atom. The molecule has 7 nitrogen and oxygen atoms in total. The number of benzene rings is 1. The number of carbonyl (C=O) groups is 1. The zero-order chi connectivity index (χ0) is 26.3. The minimum atomic E-state index is -4.47. The van der Waals surface area contributed by atoms with E-state index < -0.39 is 37.6 Å². The number of anilines is 1. The molecular formula is C23H23ClF3N4O3S2+. The van der Waals surface area contributed by atoms with Gasteiger partial charge in [0.05, 0.1) is 22.1 Å². The molecule has 3 heterocycles. The normalized spacial score (nSPS) is 20.4. The van der Waals surface area contributed by atoms with Crippen molar-refractivity contribution in [1.82, 2.24) is 4.98 Å². The highest BCUT2D eigenvalue weighted by Crippen LogP contribution is 2.41. The molecule has 192 valence electrons. The first kappa shape index (κ1) is 26.4. The lowest BCUT2D eigenvalue weighted by Gasteiger charge is -2.36. The van der Waals surface area contributed by atoms with Gasteiger partial charge in [-0.25, -0.2) is 4.98 Å². The fraction of sp³-hybridized carbons (Fsp3) is 0.304. The molecule has 0 aliphatic carbocycles. The van der Waals surface area contributed by atoms with Crippen molar-refractivity contribution >= 4 is 44.7 Å². The maximum absolute atomic E-state index is 13.9. The summed E-state index contributed by atoms with van der Waals surface area (Å²) in [5.74, 6) is -0.323. The van der Waals surface area contributed by atoms with Crippen LogP contribution in [-0.2, 0) is 27.5 Å². The Morgan fingerprint density at radius 1 is 1.22 bits per heavy atom. The second kappa shape index (κ2) is 9.66. The van der Waals surface area contributed by atoms with E-state index in [9.17, 15) is 26.4 Å². The van der Waals surface area contributed by atoms with E-state index in [0.717, 1.165) is 23.5 Å². The van der Waals surface area contributed by atoms with Gasteiger partial charge in [0.1, 0.15) is 12.4 Å². The second-order valence-corrected chi connectivity index (χ2v) is 12.6. The highest BCUT2D eigenvalue weighted by molar-refractivity contribution is 7.88. The largest absolute Gasteiger partial charge is 0.416 e. The number of pyridine rings is 1. The van der Waals surface area contributed by atoms with E-state index in [4.69, 9.17) is 17.3 Å². The summed E-state index contributed by atoms with van der Waals surface area (Å²) in [5, 5.41) is 2.90. The Bertz CT molecular complexity index is 1390. The maximum Gasteiger partial charge on any atom is 0.416 e. The first-order chi connectivity index (χ1) is 16.9. The van der Waals surface area contributed by atoms with Gasteiger partial charge >= 0.3 is 16.2 Å². The molecular weight excluding hydrogens is 537 g/mol. The van der Waals surface area contributed by atoms with E-state index in [1.54, 1.807) is 19.2 Å². The average molecular weight is 560 g/mol. The number of aromatic nitrogens is 1. The van der Waals surface area contributed by atoms with E-state index in [-0.39, 0.29) is 17.3 Å². The number of sulfonamides is 1. The number of amides is 1. The number of hydrogen-bond acceptors (Lipinski definition) is 6. The summed E-state index contributed by atoms with van der Waals surface area (Å²) in [7, 11) is -2.46. The highest BCUT2D eigenvalue weighted by Gasteiger charge is 2.55.